The predicted molar refractivity (Wildman–Crippen MR) is 68.4 cm³/mol. The summed E-state index contributed by atoms with van der Waals surface area (Å²) in [5.41, 5.74) is 1.33. The first kappa shape index (κ1) is 11.9. The minimum atomic E-state index is 0.624. The Morgan fingerprint density at radius 3 is 2.38 bits per heavy atom. The Morgan fingerprint density at radius 1 is 1.31 bits per heavy atom. The van der Waals surface area contributed by atoms with E-state index in [4.69, 9.17) is 0 Å². The van der Waals surface area contributed by atoms with Crippen LogP contribution in [-0.4, -0.2) is 43.2 Å². The molecule has 3 atom stereocenters. The molecule has 0 radical (unpaired) electrons. The van der Waals surface area contributed by atoms with Crippen LogP contribution >= 0.6 is 0 Å². The van der Waals surface area contributed by atoms with Gasteiger partial charge in [-0.15, -0.1) is 0 Å². The SMILES string of the molecule is C=C(C(C)CCC)N1CC2NCCNC2C1. The first-order valence-electron chi connectivity index (χ1n) is 6.63. The van der Waals surface area contributed by atoms with Gasteiger partial charge < -0.3 is 15.5 Å². The molecule has 2 rings (SSSR count). The Balaban J connectivity index is 1.89. The van der Waals surface area contributed by atoms with Crippen molar-refractivity contribution in [1.82, 2.24) is 15.5 Å². The quantitative estimate of drug-likeness (QED) is 0.749. The highest BCUT2D eigenvalue weighted by Crippen LogP contribution is 2.24. The number of hydrogen-bond acceptors (Lipinski definition) is 3. The monoisotopic (exact) mass is 223 g/mol. The van der Waals surface area contributed by atoms with Crippen molar-refractivity contribution in [3.05, 3.63) is 12.3 Å². The third-order valence-electron chi connectivity index (χ3n) is 3.95. The third-order valence-corrected chi connectivity index (χ3v) is 3.95. The fraction of sp³-hybridized carbons (Fsp3) is 0.846. The smallest absolute Gasteiger partial charge is 0.0415 e. The van der Waals surface area contributed by atoms with E-state index in [0.717, 1.165) is 26.2 Å². The van der Waals surface area contributed by atoms with Crippen LogP contribution < -0.4 is 10.6 Å². The lowest BCUT2D eigenvalue weighted by Crippen LogP contribution is -2.55. The molecule has 0 bridgehead atoms. The summed E-state index contributed by atoms with van der Waals surface area (Å²) in [6, 6.07) is 1.25. The molecule has 3 heteroatoms. The first-order valence-corrected chi connectivity index (χ1v) is 6.63. The highest BCUT2D eigenvalue weighted by Gasteiger charge is 2.35. The normalized spacial score (nSPS) is 31.2. The molecule has 0 aromatic heterocycles. The van der Waals surface area contributed by atoms with Gasteiger partial charge in [0.05, 0.1) is 0 Å². The zero-order chi connectivity index (χ0) is 11.5. The molecule has 3 nitrogen and oxygen atoms in total. The van der Waals surface area contributed by atoms with Crippen molar-refractivity contribution in [3.8, 4) is 0 Å². The predicted octanol–water partition coefficient (Wildman–Crippen LogP) is 1.18. The van der Waals surface area contributed by atoms with E-state index >= 15 is 0 Å². The molecule has 0 aromatic carbocycles. The second kappa shape index (κ2) is 5.19. The zero-order valence-electron chi connectivity index (χ0n) is 10.6. The molecule has 0 spiro atoms. The molecule has 2 aliphatic rings. The summed E-state index contributed by atoms with van der Waals surface area (Å²) in [7, 11) is 0. The van der Waals surface area contributed by atoms with Gasteiger partial charge >= 0.3 is 0 Å². The molecular formula is C13H25N3. The lowest BCUT2D eigenvalue weighted by atomic mass is 10.0. The highest BCUT2D eigenvalue weighted by atomic mass is 15.3. The number of nitrogens with one attached hydrogen (secondary N) is 2. The van der Waals surface area contributed by atoms with Crippen LogP contribution in [0, 0.1) is 5.92 Å². The van der Waals surface area contributed by atoms with Crippen LogP contribution in [0.5, 0.6) is 0 Å². The second-order valence-corrected chi connectivity index (χ2v) is 5.21. The van der Waals surface area contributed by atoms with Crippen LogP contribution in [0.1, 0.15) is 26.7 Å². The number of nitrogens with zero attached hydrogens (tertiary/aromatic N) is 1. The van der Waals surface area contributed by atoms with Gasteiger partial charge in [-0.1, -0.05) is 26.8 Å². The molecule has 2 aliphatic heterocycles. The zero-order valence-corrected chi connectivity index (χ0v) is 10.6. The molecule has 2 fully saturated rings. The topological polar surface area (TPSA) is 27.3 Å². The lowest BCUT2D eigenvalue weighted by molar-refractivity contribution is 0.352. The van der Waals surface area contributed by atoms with Crippen molar-refractivity contribution >= 4 is 0 Å². The molecule has 2 N–H and O–H groups in total. The maximum absolute atomic E-state index is 4.28. The summed E-state index contributed by atoms with van der Waals surface area (Å²) in [6.07, 6.45) is 2.50. The summed E-state index contributed by atoms with van der Waals surface area (Å²) in [5.74, 6) is 0.630. The fourth-order valence-electron chi connectivity index (χ4n) is 2.88. The molecule has 0 amide bonds. The van der Waals surface area contributed by atoms with E-state index in [-0.39, 0.29) is 0 Å². The minimum absolute atomic E-state index is 0.624. The summed E-state index contributed by atoms with van der Waals surface area (Å²) in [4.78, 5) is 2.47. The van der Waals surface area contributed by atoms with Gasteiger partial charge in [-0.25, -0.2) is 0 Å². The van der Waals surface area contributed by atoms with Crippen molar-refractivity contribution in [1.29, 1.82) is 0 Å². The van der Waals surface area contributed by atoms with Crippen molar-refractivity contribution in [2.45, 2.75) is 38.8 Å². The van der Waals surface area contributed by atoms with Gasteiger partial charge in [0.1, 0.15) is 0 Å². The molecule has 2 heterocycles. The van der Waals surface area contributed by atoms with E-state index in [1.165, 1.54) is 18.5 Å². The lowest BCUT2D eigenvalue weighted by Gasteiger charge is -2.26. The second-order valence-electron chi connectivity index (χ2n) is 5.21. The van der Waals surface area contributed by atoms with Crippen LogP contribution in [0.25, 0.3) is 0 Å². The maximum atomic E-state index is 4.28. The van der Waals surface area contributed by atoms with Crippen LogP contribution in [0.2, 0.25) is 0 Å². The molecule has 16 heavy (non-hydrogen) atoms. The van der Waals surface area contributed by atoms with Crippen LogP contribution in [-0.2, 0) is 0 Å². The van der Waals surface area contributed by atoms with E-state index in [1.807, 2.05) is 0 Å². The fourth-order valence-corrected chi connectivity index (χ4v) is 2.88. The maximum Gasteiger partial charge on any atom is 0.0415 e. The Morgan fingerprint density at radius 2 is 1.88 bits per heavy atom. The molecular weight excluding hydrogens is 198 g/mol. The third kappa shape index (κ3) is 2.41. The van der Waals surface area contributed by atoms with Gasteiger partial charge in [-0.2, -0.15) is 0 Å². The van der Waals surface area contributed by atoms with E-state index in [0.29, 0.717) is 18.0 Å². The van der Waals surface area contributed by atoms with Crippen LogP contribution in [0.3, 0.4) is 0 Å². The van der Waals surface area contributed by atoms with Crippen LogP contribution in [0.4, 0.5) is 0 Å². The Hall–Kier alpha value is -0.540. The standard InChI is InChI=1S/C13H25N3/c1-4-5-10(2)11(3)16-8-12-13(9-16)15-7-6-14-12/h10,12-15H,3-9H2,1-2H3. The number of hydrogen-bond donors (Lipinski definition) is 2. The van der Waals surface area contributed by atoms with Gasteiger partial charge in [0.25, 0.3) is 0 Å². The van der Waals surface area contributed by atoms with Crippen molar-refractivity contribution < 1.29 is 0 Å². The Kier molecular flexibility index (Phi) is 3.87. The molecule has 92 valence electrons. The Labute approximate surface area is 99.3 Å². The van der Waals surface area contributed by atoms with E-state index in [9.17, 15) is 0 Å². The number of allylic oxidation sites excluding steroid dienone is 1. The summed E-state index contributed by atoms with van der Waals surface area (Å²) in [5, 5.41) is 7.18. The Bertz CT molecular complexity index is 238. The van der Waals surface area contributed by atoms with Gasteiger partial charge in [0, 0.05) is 44.0 Å². The number of likely N-dealkylation sites (tertiary alicyclic amines) is 1. The van der Waals surface area contributed by atoms with Gasteiger partial charge in [-0.3, -0.25) is 0 Å². The van der Waals surface area contributed by atoms with Crippen molar-refractivity contribution in [2.75, 3.05) is 26.2 Å². The molecule has 2 saturated heterocycles. The summed E-state index contributed by atoms with van der Waals surface area (Å²) < 4.78 is 0. The van der Waals surface area contributed by atoms with Gasteiger partial charge in [0.15, 0.2) is 0 Å². The van der Waals surface area contributed by atoms with Gasteiger partial charge in [0.2, 0.25) is 0 Å². The average Bonchev–Trinajstić information content (AvgIpc) is 2.71. The summed E-state index contributed by atoms with van der Waals surface area (Å²) in [6.45, 7) is 13.3. The molecule has 0 aromatic rings. The van der Waals surface area contributed by atoms with Crippen molar-refractivity contribution in [2.24, 2.45) is 5.92 Å². The van der Waals surface area contributed by atoms with Gasteiger partial charge in [-0.05, 0) is 12.3 Å². The number of fused-ring (bicyclic) bond motifs is 1. The first-order chi connectivity index (χ1) is 7.72. The summed E-state index contributed by atoms with van der Waals surface area (Å²) >= 11 is 0. The van der Waals surface area contributed by atoms with Crippen molar-refractivity contribution in [3.63, 3.8) is 0 Å². The van der Waals surface area contributed by atoms with E-state index in [1.54, 1.807) is 0 Å². The van der Waals surface area contributed by atoms with Crippen LogP contribution in [0.15, 0.2) is 12.3 Å². The number of piperazine rings is 1. The molecule has 0 aliphatic carbocycles. The number of rotatable bonds is 4. The highest BCUT2D eigenvalue weighted by molar-refractivity contribution is 5.08. The largest absolute Gasteiger partial charge is 0.372 e. The van der Waals surface area contributed by atoms with E-state index < -0.39 is 0 Å². The average molecular weight is 223 g/mol. The molecule has 3 unspecified atom stereocenters. The molecule has 0 saturated carbocycles. The van der Waals surface area contributed by atoms with E-state index in [2.05, 4.69) is 36.0 Å². The minimum Gasteiger partial charge on any atom is -0.372 e.